The molecular weight excluding hydrogens is 327 g/mol. The monoisotopic (exact) mass is 354 g/mol. The van der Waals surface area contributed by atoms with Gasteiger partial charge in [0, 0.05) is 25.7 Å². The van der Waals surface area contributed by atoms with Crippen LogP contribution < -0.4 is 0 Å². The summed E-state index contributed by atoms with van der Waals surface area (Å²) in [6, 6.07) is 6.44. The van der Waals surface area contributed by atoms with Crippen molar-refractivity contribution in [2.45, 2.75) is 51.5 Å². The molecule has 2 aliphatic rings. The summed E-state index contributed by atoms with van der Waals surface area (Å²) in [5.41, 5.74) is 0.867. The first kappa shape index (κ1) is 17.8. The Morgan fingerprint density at radius 1 is 1.29 bits per heavy atom. The number of halogens is 1. The van der Waals surface area contributed by atoms with Gasteiger partial charge in [0.15, 0.2) is 0 Å². The number of hydrogen-bond acceptors (Lipinski definition) is 2. The van der Waals surface area contributed by atoms with E-state index in [1.807, 2.05) is 13.0 Å². The lowest BCUT2D eigenvalue weighted by molar-refractivity contribution is 0.316. The summed E-state index contributed by atoms with van der Waals surface area (Å²) in [4.78, 5) is 0. The molecule has 1 unspecified atom stereocenters. The molecule has 2 fully saturated rings. The minimum Gasteiger partial charge on any atom is -0.207 e. The standard InChI is InChI=1S/C18H27FN2O2S/c1-2-10-20(14-15-8-9-15)24(22,23)21-11-4-7-18(21)13-16-5-3-6-17(19)12-16/h3,5-6,12,15,18H,2,4,7-11,13-14H2,1H3. The molecule has 0 bridgehead atoms. The number of hydrogen-bond donors (Lipinski definition) is 0. The maximum atomic E-state index is 13.4. The number of nitrogens with zero attached hydrogens (tertiary/aromatic N) is 2. The first-order chi connectivity index (χ1) is 11.5. The van der Waals surface area contributed by atoms with Crippen LogP contribution in [-0.4, -0.2) is 42.7 Å². The van der Waals surface area contributed by atoms with Crippen LogP contribution >= 0.6 is 0 Å². The summed E-state index contributed by atoms with van der Waals surface area (Å²) in [6.07, 6.45) is 5.42. The molecule has 1 aromatic rings. The Morgan fingerprint density at radius 2 is 2.08 bits per heavy atom. The number of benzene rings is 1. The maximum absolute atomic E-state index is 13.4. The first-order valence-electron chi connectivity index (χ1n) is 9.02. The van der Waals surface area contributed by atoms with Crippen molar-refractivity contribution >= 4 is 10.2 Å². The van der Waals surface area contributed by atoms with Crippen molar-refractivity contribution in [1.82, 2.24) is 8.61 Å². The highest BCUT2D eigenvalue weighted by molar-refractivity contribution is 7.86. The summed E-state index contributed by atoms with van der Waals surface area (Å²) in [5, 5.41) is 0. The predicted octanol–water partition coefficient (Wildman–Crippen LogP) is 3.20. The van der Waals surface area contributed by atoms with Crippen molar-refractivity contribution in [3.63, 3.8) is 0 Å². The smallest absolute Gasteiger partial charge is 0.207 e. The van der Waals surface area contributed by atoms with Crippen LogP contribution in [0, 0.1) is 11.7 Å². The molecule has 0 spiro atoms. The SMILES string of the molecule is CCCN(CC1CC1)S(=O)(=O)N1CCCC1Cc1cccc(F)c1. The van der Waals surface area contributed by atoms with Gasteiger partial charge in [-0.15, -0.1) is 0 Å². The molecule has 1 aliphatic carbocycles. The molecule has 134 valence electrons. The lowest BCUT2D eigenvalue weighted by Crippen LogP contribution is -2.47. The lowest BCUT2D eigenvalue weighted by atomic mass is 10.0. The average molecular weight is 354 g/mol. The second-order valence-corrected chi connectivity index (χ2v) is 8.93. The zero-order valence-corrected chi connectivity index (χ0v) is 15.1. The van der Waals surface area contributed by atoms with Crippen LogP contribution in [0.5, 0.6) is 0 Å². The van der Waals surface area contributed by atoms with Gasteiger partial charge in [-0.1, -0.05) is 19.1 Å². The maximum Gasteiger partial charge on any atom is 0.282 e. The quantitative estimate of drug-likeness (QED) is 0.719. The van der Waals surface area contributed by atoms with E-state index in [2.05, 4.69) is 0 Å². The molecule has 1 aromatic carbocycles. The van der Waals surface area contributed by atoms with Crippen LogP contribution in [-0.2, 0) is 16.6 Å². The van der Waals surface area contributed by atoms with E-state index in [4.69, 9.17) is 0 Å². The third-order valence-electron chi connectivity index (χ3n) is 4.94. The van der Waals surface area contributed by atoms with E-state index in [1.54, 1.807) is 14.7 Å². The summed E-state index contributed by atoms with van der Waals surface area (Å²) >= 11 is 0. The fourth-order valence-corrected chi connectivity index (χ4v) is 5.57. The van der Waals surface area contributed by atoms with Crippen molar-refractivity contribution in [2.75, 3.05) is 19.6 Å². The van der Waals surface area contributed by atoms with Gasteiger partial charge < -0.3 is 0 Å². The lowest BCUT2D eigenvalue weighted by Gasteiger charge is -2.31. The normalized spacial score (nSPS) is 22.4. The highest BCUT2D eigenvalue weighted by atomic mass is 32.2. The van der Waals surface area contributed by atoms with Gasteiger partial charge in [0.2, 0.25) is 0 Å². The van der Waals surface area contributed by atoms with Crippen molar-refractivity contribution in [1.29, 1.82) is 0 Å². The van der Waals surface area contributed by atoms with Gasteiger partial charge in [-0.05, 0) is 62.1 Å². The van der Waals surface area contributed by atoms with Gasteiger partial charge in [-0.25, -0.2) is 4.39 Å². The molecule has 3 rings (SSSR count). The van der Waals surface area contributed by atoms with Crippen LogP contribution in [0.4, 0.5) is 4.39 Å². The summed E-state index contributed by atoms with van der Waals surface area (Å²) in [5.74, 6) is 0.275. The van der Waals surface area contributed by atoms with Crippen molar-refractivity contribution in [2.24, 2.45) is 5.92 Å². The third-order valence-corrected chi connectivity index (χ3v) is 7.00. The molecule has 0 amide bonds. The predicted molar refractivity (Wildman–Crippen MR) is 93.3 cm³/mol. The zero-order chi connectivity index (χ0) is 17.2. The van der Waals surface area contributed by atoms with Crippen LogP contribution in [0.2, 0.25) is 0 Å². The van der Waals surface area contributed by atoms with Gasteiger partial charge in [-0.3, -0.25) is 0 Å². The molecule has 1 saturated heterocycles. The van der Waals surface area contributed by atoms with Gasteiger partial charge in [0.25, 0.3) is 10.2 Å². The van der Waals surface area contributed by atoms with Crippen LogP contribution in [0.25, 0.3) is 0 Å². The van der Waals surface area contributed by atoms with E-state index in [-0.39, 0.29) is 11.9 Å². The minimum absolute atomic E-state index is 0.0599. The van der Waals surface area contributed by atoms with Gasteiger partial charge in [0.1, 0.15) is 5.82 Å². The minimum atomic E-state index is -3.42. The van der Waals surface area contributed by atoms with Crippen LogP contribution in [0.3, 0.4) is 0 Å². The van der Waals surface area contributed by atoms with E-state index >= 15 is 0 Å². The van der Waals surface area contributed by atoms with Crippen LogP contribution in [0.1, 0.15) is 44.6 Å². The second kappa shape index (κ2) is 7.50. The fourth-order valence-electron chi connectivity index (χ4n) is 3.54. The third kappa shape index (κ3) is 4.16. The Bertz CT molecular complexity index is 661. The summed E-state index contributed by atoms with van der Waals surface area (Å²) < 4.78 is 43.0. The summed E-state index contributed by atoms with van der Waals surface area (Å²) in [7, 11) is -3.42. The van der Waals surface area contributed by atoms with E-state index < -0.39 is 10.2 Å². The molecule has 0 aromatic heterocycles. The van der Waals surface area contributed by atoms with Crippen molar-refractivity contribution in [3.05, 3.63) is 35.6 Å². The Morgan fingerprint density at radius 3 is 2.75 bits per heavy atom. The highest BCUT2D eigenvalue weighted by Crippen LogP contribution is 2.33. The van der Waals surface area contributed by atoms with E-state index in [0.717, 1.165) is 37.7 Å². The molecule has 1 saturated carbocycles. The molecule has 0 N–H and O–H groups in total. The highest BCUT2D eigenvalue weighted by Gasteiger charge is 2.39. The van der Waals surface area contributed by atoms with E-state index in [9.17, 15) is 12.8 Å². The van der Waals surface area contributed by atoms with E-state index in [0.29, 0.717) is 32.0 Å². The molecule has 0 radical (unpaired) electrons. The fraction of sp³-hybridized carbons (Fsp3) is 0.667. The number of rotatable bonds is 8. The Hall–Kier alpha value is -0.980. The molecule has 1 aliphatic heterocycles. The largest absolute Gasteiger partial charge is 0.282 e. The molecule has 1 heterocycles. The van der Waals surface area contributed by atoms with Crippen molar-refractivity contribution in [3.8, 4) is 0 Å². The Labute approximate surface area is 144 Å². The van der Waals surface area contributed by atoms with Gasteiger partial charge in [0.05, 0.1) is 0 Å². The van der Waals surface area contributed by atoms with Crippen molar-refractivity contribution < 1.29 is 12.8 Å². The van der Waals surface area contributed by atoms with Crippen LogP contribution in [0.15, 0.2) is 24.3 Å². The molecule has 4 nitrogen and oxygen atoms in total. The first-order valence-corrected chi connectivity index (χ1v) is 10.4. The molecule has 6 heteroatoms. The summed E-state index contributed by atoms with van der Waals surface area (Å²) in [6.45, 7) is 3.83. The molecule has 24 heavy (non-hydrogen) atoms. The molecule has 1 atom stereocenters. The Kier molecular flexibility index (Phi) is 5.57. The van der Waals surface area contributed by atoms with Gasteiger partial charge in [-0.2, -0.15) is 17.0 Å². The second-order valence-electron chi connectivity index (χ2n) is 7.05. The molecular formula is C18H27FN2O2S. The topological polar surface area (TPSA) is 40.6 Å². The van der Waals surface area contributed by atoms with E-state index in [1.165, 1.54) is 12.1 Å². The Balaban J connectivity index is 1.74. The average Bonchev–Trinajstić information content (AvgIpc) is 3.23. The van der Waals surface area contributed by atoms with Gasteiger partial charge >= 0.3 is 0 Å². The zero-order valence-electron chi connectivity index (χ0n) is 14.3.